The van der Waals surface area contributed by atoms with E-state index in [9.17, 15) is 14.7 Å². The molecule has 1 atom stereocenters. The van der Waals surface area contributed by atoms with Crippen molar-refractivity contribution in [3.8, 4) is 0 Å². The van der Waals surface area contributed by atoms with Crippen LogP contribution in [0.4, 0.5) is 0 Å². The third-order valence-corrected chi connectivity index (χ3v) is 4.33. The van der Waals surface area contributed by atoms with E-state index in [1.54, 1.807) is 20.8 Å². The zero-order valence-corrected chi connectivity index (χ0v) is 12.9. The second-order valence-electron chi connectivity index (χ2n) is 5.68. The predicted octanol–water partition coefficient (Wildman–Crippen LogP) is 2.85. The van der Waals surface area contributed by atoms with E-state index in [-0.39, 0.29) is 5.91 Å². The van der Waals surface area contributed by atoms with Crippen LogP contribution < -0.4 is 5.32 Å². The van der Waals surface area contributed by atoms with Gasteiger partial charge in [-0.25, -0.2) is 4.79 Å². The average Bonchev–Trinajstić information content (AvgIpc) is 2.65. The van der Waals surface area contributed by atoms with Crippen molar-refractivity contribution in [3.05, 3.63) is 21.4 Å². The Hall–Kier alpha value is -1.36. The van der Waals surface area contributed by atoms with Gasteiger partial charge in [0.15, 0.2) is 0 Å². The highest BCUT2D eigenvalue weighted by molar-refractivity contribution is 7.14. The van der Waals surface area contributed by atoms with E-state index in [0.29, 0.717) is 4.88 Å². The van der Waals surface area contributed by atoms with Crippen molar-refractivity contribution in [2.75, 3.05) is 0 Å². The highest BCUT2D eigenvalue weighted by Crippen LogP contribution is 2.24. The molecule has 0 aliphatic rings. The SMILES string of the molecule is CCc1sc(C(=O)N[C@@H](C(=O)O)C(C)(C)C)cc1C. The van der Waals surface area contributed by atoms with E-state index in [2.05, 4.69) is 5.32 Å². The first kappa shape index (κ1) is 15.7. The number of carboxylic acid groups (broad SMARTS) is 1. The average molecular weight is 283 g/mol. The molecule has 0 radical (unpaired) electrons. The lowest BCUT2D eigenvalue weighted by Gasteiger charge is -2.27. The van der Waals surface area contributed by atoms with Crippen LogP contribution in [0.2, 0.25) is 0 Å². The van der Waals surface area contributed by atoms with Crippen LogP contribution in [0, 0.1) is 12.3 Å². The van der Waals surface area contributed by atoms with Gasteiger partial charge in [-0.3, -0.25) is 4.79 Å². The Labute approximate surface area is 117 Å². The summed E-state index contributed by atoms with van der Waals surface area (Å²) in [4.78, 5) is 25.1. The zero-order chi connectivity index (χ0) is 14.8. The summed E-state index contributed by atoms with van der Waals surface area (Å²) in [6.45, 7) is 9.38. The second kappa shape index (κ2) is 5.74. The standard InChI is InChI=1S/C14H21NO3S/c1-6-9-8(2)7-10(19-9)12(16)15-11(13(17)18)14(3,4)5/h7,11H,6H2,1-5H3,(H,15,16)(H,17,18)/t11-/m0/s1. The molecule has 0 spiro atoms. The van der Waals surface area contributed by atoms with Crippen molar-refractivity contribution < 1.29 is 14.7 Å². The first-order chi connectivity index (χ1) is 8.66. The van der Waals surface area contributed by atoms with Crippen molar-refractivity contribution in [3.63, 3.8) is 0 Å². The molecule has 0 aliphatic carbocycles. The largest absolute Gasteiger partial charge is 0.480 e. The van der Waals surface area contributed by atoms with Crippen molar-refractivity contribution in [2.24, 2.45) is 5.41 Å². The molecular weight excluding hydrogens is 262 g/mol. The Morgan fingerprint density at radius 2 is 2.00 bits per heavy atom. The third-order valence-electron chi connectivity index (χ3n) is 2.95. The number of aryl methyl sites for hydroxylation is 2. The van der Waals surface area contributed by atoms with Crippen LogP contribution in [0.5, 0.6) is 0 Å². The number of carboxylic acids is 1. The Balaban J connectivity index is 2.91. The Kier molecular flexibility index (Phi) is 4.74. The van der Waals surface area contributed by atoms with Gasteiger partial charge >= 0.3 is 5.97 Å². The number of rotatable bonds is 4. The smallest absolute Gasteiger partial charge is 0.326 e. The molecule has 2 N–H and O–H groups in total. The quantitative estimate of drug-likeness (QED) is 0.893. The molecule has 1 heterocycles. The lowest BCUT2D eigenvalue weighted by molar-refractivity contribution is -0.142. The number of carbonyl (C=O) groups excluding carboxylic acids is 1. The number of nitrogens with one attached hydrogen (secondary N) is 1. The highest BCUT2D eigenvalue weighted by atomic mass is 32.1. The summed E-state index contributed by atoms with van der Waals surface area (Å²) in [5.41, 5.74) is 0.557. The maximum atomic E-state index is 12.1. The maximum Gasteiger partial charge on any atom is 0.326 e. The first-order valence-electron chi connectivity index (χ1n) is 6.29. The monoisotopic (exact) mass is 283 g/mol. The minimum atomic E-state index is -1.01. The Morgan fingerprint density at radius 1 is 1.42 bits per heavy atom. The topological polar surface area (TPSA) is 66.4 Å². The maximum absolute atomic E-state index is 12.1. The minimum absolute atomic E-state index is 0.310. The number of carbonyl (C=O) groups is 2. The summed E-state index contributed by atoms with van der Waals surface area (Å²) in [6.07, 6.45) is 0.880. The summed E-state index contributed by atoms with van der Waals surface area (Å²) < 4.78 is 0. The molecule has 19 heavy (non-hydrogen) atoms. The van der Waals surface area contributed by atoms with Crippen molar-refractivity contribution >= 4 is 23.2 Å². The van der Waals surface area contributed by atoms with Gasteiger partial charge in [0.2, 0.25) is 0 Å². The minimum Gasteiger partial charge on any atom is -0.480 e. The van der Waals surface area contributed by atoms with Gasteiger partial charge in [0, 0.05) is 4.88 Å². The molecule has 1 amide bonds. The van der Waals surface area contributed by atoms with E-state index in [0.717, 1.165) is 16.9 Å². The van der Waals surface area contributed by atoms with Gasteiger partial charge in [0.05, 0.1) is 4.88 Å². The van der Waals surface area contributed by atoms with Gasteiger partial charge in [0.1, 0.15) is 6.04 Å². The number of aliphatic carboxylic acids is 1. The molecule has 1 aromatic heterocycles. The fourth-order valence-corrected chi connectivity index (χ4v) is 2.85. The fourth-order valence-electron chi connectivity index (χ4n) is 1.83. The molecule has 4 nitrogen and oxygen atoms in total. The lowest BCUT2D eigenvalue weighted by atomic mass is 9.87. The second-order valence-corrected chi connectivity index (χ2v) is 6.82. The number of hydrogen-bond donors (Lipinski definition) is 2. The van der Waals surface area contributed by atoms with E-state index < -0.39 is 17.4 Å². The van der Waals surface area contributed by atoms with Gasteiger partial charge in [-0.15, -0.1) is 11.3 Å². The number of amides is 1. The molecule has 1 aromatic rings. The molecule has 0 saturated heterocycles. The van der Waals surface area contributed by atoms with E-state index in [1.165, 1.54) is 11.3 Å². The first-order valence-corrected chi connectivity index (χ1v) is 7.11. The highest BCUT2D eigenvalue weighted by Gasteiger charge is 2.33. The van der Waals surface area contributed by atoms with Crippen molar-refractivity contribution in [2.45, 2.75) is 47.1 Å². The molecule has 0 unspecified atom stereocenters. The molecule has 0 saturated carbocycles. The van der Waals surface area contributed by atoms with Crippen LogP contribution in [0.25, 0.3) is 0 Å². The van der Waals surface area contributed by atoms with Crippen LogP contribution in [0.1, 0.15) is 47.8 Å². The predicted molar refractivity (Wildman–Crippen MR) is 76.8 cm³/mol. The molecule has 5 heteroatoms. The molecule has 0 fully saturated rings. The molecule has 0 aromatic carbocycles. The van der Waals surface area contributed by atoms with Gasteiger partial charge in [-0.2, -0.15) is 0 Å². The van der Waals surface area contributed by atoms with E-state index in [1.807, 2.05) is 19.9 Å². The van der Waals surface area contributed by atoms with Gasteiger partial charge in [-0.05, 0) is 30.4 Å². The van der Waals surface area contributed by atoms with Crippen LogP contribution in [-0.4, -0.2) is 23.0 Å². The van der Waals surface area contributed by atoms with Crippen LogP contribution in [0.3, 0.4) is 0 Å². The van der Waals surface area contributed by atoms with Crippen LogP contribution in [0.15, 0.2) is 6.07 Å². The van der Waals surface area contributed by atoms with Crippen molar-refractivity contribution in [1.82, 2.24) is 5.32 Å². The van der Waals surface area contributed by atoms with Gasteiger partial charge in [0.25, 0.3) is 5.91 Å². The van der Waals surface area contributed by atoms with Crippen LogP contribution >= 0.6 is 11.3 Å². The molecular formula is C14H21NO3S. The third kappa shape index (κ3) is 3.80. The Morgan fingerprint density at radius 3 is 2.37 bits per heavy atom. The fraction of sp³-hybridized carbons (Fsp3) is 0.571. The normalized spacial score (nSPS) is 13.1. The summed E-state index contributed by atoms with van der Waals surface area (Å²) in [7, 11) is 0. The molecule has 1 rings (SSSR count). The van der Waals surface area contributed by atoms with Gasteiger partial charge < -0.3 is 10.4 Å². The van der Waals surface area contributed by atoms with Crippen LogP contribution in [-0.2, 0) is 11.2 Å². The summed E-state index contributed by atoms with van der Waals surface area (Å²) in [6, 6.07) is 0.924. The summed E-state index contributed by atoms with van der Waals surface area (Å²) in [5, 5.41) is 11.8. The van der Waals surface area contributed by atoms with Gasteiger partial charge in [-0.1, -0.05) is 27.7 Å². The summed E-state index contributed by atoms with van der Waals surface area (Å²) >= 11 is 1.43. The molecule has 0 bridgehead atoms. The zero-order valence-electron chi connectivity index (χ0n) is 12.0. The summed E-state index contributed by atoms with van der Waals surface area (Å²) in [5.74, 6) is -1.32. The van der Waals surface area contributed by atoms with E-state index in [4.69, 9.17) is 0 Å². The Bertz CT molecular complexity index is 485. The van der Waals surface area contributed by atoms with E-state index >= 15 is 0 Å². The number of hydrogen-bond acceptors (Lipinski definition) is 3. The van der Waals surface area contributed by atoms with Crippen molar-refractivity contribution in [1.29, 1.82) is 0 Å². The lowest BCUT2D eigenvalue weighted by Crippen LogP contribution is -2.48. The molecule has 106 valence electrons. The molecule has 0 aliphatic heterocycles. The number of thiophene rings is 1.